The van der Waals surface area contributed by atoms with Crippen molar-refractivity contribution >= 4 is 37.7 Å². The number of rotatable bonds is 3. The number of hydrogen-bond donors (Lipinski definition) is 2. The molecule has 1 atom stereocenters. The van der Waals surface area contributed by atoms with E-state index in [0.717, 1.165) is 33.1 Å². The maximum atomic E-state index is 11.6. The Labute approximate surface area is 155 Å². The maximum Gasteiger partial charge on any atom is 0.223 e. The van der Waals surface area contributed by atoms with Crippen LogP contribution in [0.25, 0.3) is 33.1 Å². The summed E-state index contributed by atoms with van der Waals surface area (Å²) in [7, 11) is -2.94. The van der Waals surface area contributed by atoms with Gasteiger partial charge in [0.05, 0.1) is 17.0 Å². The number of nitrogens with zero attached hydrogens (tertiary/aromatic N) is 3. The lowest BCUT2D eigenvalue weighted by Crippen LogP contribution is -2.21. The molecule has 0 aliphatic carbocycles. The summed E-state index contributed by atoms with van der Waals surface area (Å²) in [5.74, 6) is 0.815. The molecule has 1 aromatic carbocycles. The van der Waals surface area contributed by atoms with Crippen molar-refractivity contribution in [3.8, 4) is 11.1 Å². The molecular formula is C19H17N5O2S. The van der Waals surface area contributed by atoms with E-state index in [9.17, 15) is 8.42 Å². The summed E-state index contributed by atoms with van der Waals surface area (Å²) in [6, 6.07) is 9.87. The van der Waals surface area contributed by atoms with Gasteiger partial charge in [0.2, 0.25) is 5.95 Å². The first-order valence-electron chi connectivity index (χ1n) is 8.74. The van der Waals surface area contributed by atoms with Gasteiger partial charge in [-0.15, -0.1) is 0 Å². The van der Waals surface area contributed by atoms with Gasteiger partial charge in [0.15, 0.2) is 9.84 Å². The summed E-state index contributed by atoms with van der Waals surface area (Å²) in [4.78, 5) is 16.4. The van der Waals surface area contributed by atoms with E-state index >= 15 is 0 Å². The number of nitrogens with one attached hydrogen (secondary N) is 2. The summed E-state index contributed by atoms with van der Waals surface area (Å²) < 4.78 is 23.3. The molecule has 0 radical (unpaired) electrons. The van der Waals surface area contributed by atoms with E-state index in [0.29, 0.717) is 12.4 Å². The van der Waals surface area contributed by atoms with Gasteiger partial charge in [0, 0.05) is 41.0 Å². The highest BCUT2D eigenvalue weighted by Gasteiger charge is 2.28. The minimum Gasteiger partial charge on any atom is -0.350 e. The average Bonchev–Trinajstić information content (AvgIpc) is 3.24. The first-order valence-corrected chi connectivity index (χ1v) is 10.6. The second-order valence-corrected chi connectivity index (χ2v) is 9.04. The third-order valence-corrected chi connectivity index (χ3v) is 6.68. The van der Waals surface area contributed by atoms with Gasteiger partial charge in [0.1, 0.15) is 5.65 Å². The first-order chi connectivity index (χ1) is 13.1. The summed E-state index contributed by atoms with van der Waals surface area (Å²) in [6.07, 6.45) is 6.06. The standard InChI is InChI=1S/C19H17N5O2S/c25-27(26)7-5-14(11-27)23-19-22-9-13-4-3-12(8-17(13)24-19)16-10-21-18-15(16)2-1-6-20-18/h1-4,6,8-10,14H,5,7,11H2,(H,20,21)(H,22,23,24). The van der Waals surface area contributed by atoms with E-state index in [-0.39, 0.29) is 17.5 Å². The Morgan fingerprint density at radius 3 is 2.96 bits per heavy atom. The molecule has 0 spiro atoms. The molecule has 7 nitrogen and oxygen atoms in total. The highest BCUT2D eigenvalue weighted by Crippen LogP contribution is 2.29. The normalized spacial score (nSPS) is 18.9. The minimum absolute atomic E-state index is 0.129. The number of anilines is 1. The molecule has 0 saturated carbocycles. The largest absolute Gasteiger partial charge is 0.350 e. The number of H-pyrrole nitrogens is 1. The van der Waals surface area contributed by atoms with Crippen molar-refractivity contribution < 1.29 is 8.42 Å². The molecule has 0 bridgehead atoms. The molecule has 3 aromatic heterocycles. The number of sulfone groups is 1. The van der Waals surface area contributed by atoms with Crippen molar-refractivity contribution in [1.82, 2.24) is 19.9 Å². The average molecular weight is 379 g/mol. The third-order valence-electron chi connectivity index (χ3n) is 4.91. The van der Waals surface area contributed by atoms with Gasteiger partial charge in [-0.25, -0.2) is 23.4 Å². The molecule has 8 heteroatoms. The predicted octanol–water partition coefficient (Wildman–Crippen LogP) is 2.77. The van der Waals surface area contributed by atoms with Crippen molar-refractivity contribution in [3.63, 3.8) is 0 Å². The lowest BCUT2D eigenvalue weighted by atomic mass is 10.0. The van der Waals surface area contributed by atoms with Crippen LogP contribution in [0.15, 0.2) is 48.9 Å². The molecule has 0 amide bonds. The zero-order chi connectivity index (χ0) is 18.4. The fraction of sp³-hybridized carbons (Fsp3) is 0.211. The minimum atomic E-state index is -2.94. The quantitative estimate of drug-likeness (QED) is 0.568. The molecule has 2 N–H and O–H groups in total. The molecular weight excluding hydrogens is 362 g/mol. The molecule has 4 aromatic rings. The van der Waals surface area contributed by atoms with E-state index in [1.165, 1.54) is 0 Å². The van der Waals surface area contributed by atoms with E-state index in [4.69, 9.17) is 0 Å². The number of benzene rings is 1. The van der Waals surface area contributed by atoms with Crippen LogP contribution in [0.3, 0.4) is 0 Å². The molecule has 27 heavy (non-hydrogen) atoms. The number of aromatic nitrogens is 4. The summed E-state index contributed by atoms with van der Waals surface area (Å²) in [5, 5.41) is 5.14. The molecule has 1 aliphatic heterocycles. The van der Waals surface area contributed by atoms with Crippen molar-refractivity contribution in [2.45, 2.75) is 12.5 Å². The summed E-state index contributed by atoms with van der Waals surface area (Å²) in [5.41, 5.74) is 3.76. The zero-order valence-electron chi connectivity index (χ0n) is 14.4. The molecule has 1 fully saturated rings. The summed E-state index contributed by atoms with van der Waals surface area (Å²) >= 11 is 0. The van der Waals surface area contributed by atoms with Gasteiger partial charge in [-0.1, -0.05) is 12.1 Å². The highest BCUT2D eigenvalue weighted by atomic mass is 32.2. The van der Waals surface area contributed by atoms with E-state index in [1.54, 1.807) is 12.4 Å². The van der Waals surface area contributed by atoms with Crippen molar-refractivity contribution in [1.29, 1.82) is 0 Å². The Hall–Kier alpha value is -3.00. The van der Waals surface area contributed by atoms with Crippen LogP contribution in [0.4, 0.5) is 5.95 Å². The number of pyridine rings is 1. The molecule has 4 heterocycles. The fourth-order valence-corrected chi connectivity index (χ4v) is 5.22. The van der Waals surface area contributed by atoms with Gasteiger partial charge in [0.25, 0.3) is 0 Å². The van der Waals surface area contributed by atoms with Gasteiger partial charge in [-0.05, 0) is 30.2 Å². The van der Waals surface area contributed by atoms with Crippen LogP contribution in [0.5, 0.6) is 0 Å². The van der Waals surface area contributed by atoms with Gasteiger partial charge < -0.3 is 10.3 Å². The molecule has 136 valence electrons. The van der Waals surface area contributed by atoms with E-state index < -0.39 is 9.84 Å². The topological polar surface area (TPSA) is 101 Å². The number of fused-ring (bicyclic) bond motifs is 2. The van der Waals surface area contributed by atoms with Crippen LogP contribution < -0.4 is 5.32 Å². The number of hydrogen-bond acceptors (Lipinski definition) is 6. The lowest BCUT2D eigenvalue weighted by Gasteiger charge is -2.11. The molecule has 1 unspecified atom stereocenters. The van der Waals surface area contributed by atoms with Gasteiger partial charge >= 0.3 is 0 Å². The van der Waals surface area contributed by atoms with Gasteiger partial charge in [-0.2, -0.15) is 0 Å². The Morgan fingerprint density at radius 2 is 2.11 bits per heavy atom. The highest BCUT2D eigenvalue weighted by molar-refractivity contribution is 7.91. The van der Waals surface area contributed by atoms with Crippen LogP contribution in [-0.4, -0.2) is 45.9 Å². The predicted molar refractivity (Wildman–Crippen MR) is 105 cm³/mol. The maximum absolute atomic E-state index is 11.6. The van der Waals surface area contributed by atoms with Crippen LogP contribution >= 0.6 is 0 Å². The number of aromatic amines is 1. The Bertz CT molecular complexity index is 1270. The van der Waals surface area contributed by atoms with Crippen molar-refractivity contribution in [2.24, 2.45) is 0 Å². The van der Waals surface area contributed by atoms with E-state index in [2.05, 4.69) is 25.3 Å². The Balaban J connectivity index is 1.51. The van der Waals surface area contributed by atoms with Crippen LogP contribution in [0, 0.1) is 0 Å². The first kappa shape index (κ1) is 16.2. The molecule has 1 aliphatic rings. The van der Waals surface area contributed by atoms with Crippen LogP contribution in [0.1, 0.15) is 6.42 Å². The molecule has 5 rings (SSSR count). The smallest absolute Gasteiger partial charge is 0.223 e. The van der Waals surface area contributed by atoms with Crippen molar-refractivity contribution in [2.75, 3.05) is 16.8 Å². The SMILES string of the molecule is O=S1(=O)CCC(Nc2ncc3ccc(-c4c[nH]c5ncccc45)cc3n2)C1. The monoisotopic (exact) mass is 379 g/mol. The Morgan fingerprint density at radius 1 is 1.19 bits per heavy atom. The van der Waals surface area contributed by atoms with Gasteiger partial charge in [-0.3, -0.25) is 0 Å². The van der Waals surface area contributed by atoms with Crippen LogP contribution in [0.2, 0.25) is 0 Å². The summed E-state index contributed by atoms with van der Waals surface area (Å²) in [6.45, 7) is 0. The van der Waals surface area contributed by atoms with Crippen LogP contribution in [-0.2, 0) is 9.84 Å². The van der Waals surface area contributed by atoms with E-state index in [1.807, 2.05) is 36.5 Å². The van der Waals surface area contributed by atoms with Crippen molar-refractivity contribution in [3.05, 3.63) is 48.9 Å². The third kappa shape index (κ3) is 3.02. The Kier molecular flexibility index (Phi) is 3.61. The molecule has 1 saturated heterocycles. The zero-order valence-corrected chi connectivity index (χ0v) is 15.2. The second-order valence-electron chi connectivity index (χ2n) is 6.81. The second kappa shape index (κ2) is 6.02. The fourth-order valence-electron chi connectivity index (χ4n) is 3.55. The lowest BCUT2D eigenvalue weighted by molar-refractivity contribution is 0.602.